The van der Waals surface area contributed by atoms with Gasteiger partial charge in [-0.3, -0.25) is 4.79 Å². The van der Waals surface area contributed by atoms with Crippen molar-refractivity contribution in [1.82, 2.24) is 5.32 Å². The first-order valence-corrected chi connectivity index (χ1v) is 7.56. The number of carbonyl (C=O) groups excluding carboxylic acids is 1. The van der Waals surface area contributed by atoms with Gasteiger partial charge in [-0.25, -0.2) is 4.79 Å². The smallest absolute Gasteiger partial charge is 0.326 e. The highest BCUT2D eigenvalue weighted by atomic mass is 16.4. The third kappa shape index (κ3) is 3.51. The Labute approximate surface area is 134 Å². The lowest BCUT2D eigenvalue weighted by Gasteiger charge is -2.34. The van der Waals surface area contributed by atoms with Crippen molar-refractivity contribution >= 4 is 17.6 Å². The highest BCUT2D eigenvalue weighted by Gasteiger charge is 2.33. The second-order valence-electron chi connectivity index (χ2n) is 5.65. The number of hydrogen-bond donors (Lipinski definition) is 3. The number of fused-ring (bicyclic) bond motifs is 1. The number of carbonyl (C=O) groups is 2. The van der Waals surface area contributed by atoms with E-state index in [1.807, 2.05) is 48.6 Å². The fourth-order valence-corrected chi connectivity index (χ4v) is 2.94. The summed E-state index contributed by atoms with van der Waals surface area (Å²) in [4.78, 5) is 23.6. The van der Waals surface area contributed by atoms with Crippen molar-refractivity contribution in [3.05, 3.63) is 65.9 Å². The second kappa shape index (κ2) is 6.52. The molecule has 0 bridgehead atoms. The number of rotatable bonds is 3. The second-order valence-corrected chi connectivity index (χ2v) is 5.65. The van der Waals surface area contributed by atoms with Crippen molar-refractivity contribution < 1.29 is 14.7 Å². The summed E-state index contributed by atoms with van der Waals surface area (Å²) in [6.07, 6.45) is 8.46. The number of para-hydroxylation sites is 1. The van der Waals surface area contributed by atoms with Gasteiger partial charge >= 0.3 is 5.97 Å². The molecule has 2 aliphatic rings. The molecule has 1 aliphatic heterocycles. The van der Waals surface area contributed by atoms with Gasteiger partial charge in [-0.2, -0.15) is 0 Å². The van der Waals surface area contributed by atoms with E-state index in [0.717, 1.165) is 23.4 Å². The number of carboxylic acids is 1. The fraction of sp³-hybridized carbons (Fsp3) is 0.222. The monoisotopic (exact) mass is 310 g/mol. The Morgan fingerprint density at radius 1 is 1.26 bits per heavy atom. The van der Waals surface area contributed by atoms with Crippen LogP contribution >= 0.6 is 0 Å². The minimum absolute atomic E-state index is 0.0529. The van der Waals surface area contributed by atoms with E-state index >= 15 is 0 Å². The van der Waals surface area contributed by atoms with Crippen LogP contribution in [0.5, 0.6) is 0 Å². The molecule has 0 spiro atoms. The van der Waals surface area contributed by atoms with Crippen LogP contribution < -0.4 is 10.6 Å². The van der Waals surface area contributed by atoms with Crippen LogP contribution in [0.15, 0.2) is 65.9 Å². The summed E-state index contributed by atoms with van der Waals surface area (Å²) in [5.74, 6) is -1.09. The molecule has 118 valence electrons. The molecule has 3 rings (SSSR count). The van der Waals surface area contributed by atoms with Crippen LogP contribution in [0.25, 0.3) is 0 Å². The molecule has 2 unspecified atom stereocenters. The quantitative estimate of drug-likeness (QED) is 0.749. The van der Waals surface area contributed by atoms with Crippen molar-refractivity contribution in [3.63, 3.8) is 0 Å². The molecule has 0 saturated carbocycles. The number of allylic oxidation sites excluding steroid dienone is 4. The van der Waals surface area contributed by atoms with E-state index < -0.39 is 12.0 Å². The standard InChI is InChI=1S/C18H18N2O3/c21-17(19-13-6-2-1-3-7-13)11-12-10-16(18(22)23)20-15-9-5-4-8-14(12)15/h1-7,9,11,14,16,20H,8,10H2,(H,19,21)(H,22,23). The lowest BCUT2D eigenvalue weighted by molar-refractivity contribution is -0.139. The van der Waals surface area contributed by atoms with Gasteiger partial charge in [-0.15, -0.1) is 0 Å². The minimum atomic E-state index is -0.909. The zero-order valence-corrected chi connectivity index (χ0v) is 12.5. The number of carboxylic acid groups (broad SMARTS) is 1. The average molecular weight is 310 g/mol. The summed E-state index contributed by atoms with van der Waals surface area (Å²) < 4.78 is 0. The first-order valence-electron chi connectivity index (χ1n) is 7.56. The number of amides is 1. The molecule has 23 heavy (non-hydrogen) atoms. The summed E-state index contributed by atoms with van der Waals surface area (Å²) in [5, 5.41) is 15.1. The molecule has 0 radical (unpaired) electrons. The summed E-state index contributed by atoms with van der Waals surface area (Å²) in [6, 6.07) is 8.51. The Hall–Kier alpha value is -2.82. The third-order valence-corrected chi connectivity index (χ3v) is 4.04. The van der Waals surface area contributed by atoms with Crippen LogP contribution in [0.4, 0.5) is 5.69 Å². The molecule has 1 amide bonds. The number of benzene rings is 1. The third-order valence-electron chi connectivity index (χ3n) is 4.04. The van der Waals surface area contributed by atoms with E-state index in [1.165, 1.54) is 0 Å². The van der Waals surface area contributed by atoms with Gasteiger partial charge in [0.1, 0.15) is 6.04 Å². The van der Waals surface area contributed by atoms with Gasteiger partial charge in [0.2, 0.25) is 5.91 Å². The Balaban J connectivity index is 1.80. The number of anilines is 1. The van der Waals surface area contributed by atoms with Crippen LogP contribution in [0.3, 0.4) is 0 Å². The van der Waals surface area contributed by atoms with E-state index in [4.69, 9.17) is 0 Å². The van der Waals surface area contributed by atoms with Gasteiger partial charge in [-0.05, 0) is 24.6 Å². The highest BCUT2D eigenvalue weighted by molar-refractivity contribution is 6.00. The van der Waals surface area contributed by atoms with Crippen LogP contribution in [0, 0.1) is 5.92 Å². The van der Waals surface area contributed by atoms with Gasteiger partial charge in [0.05, 0.1) is 0 Å². The molecule has 2 atom stereocenters. The van der Waals surface area contributed by atoms with Crippen LogP contribution in [0.1, 0.15) is 12.8 Å². The predicted molar refractivity (Wildman–Crippen MR) is 87.7 cm³/mol. The predicted octanol–water partition coefficient (Wildman–Crippen LogP) is 2.46. The van der Waals surface area contributed by atoms with Crippen molar-refractivity contribution in [1.29, 1.82) is 0 Å². The molecular weight excluding hydrogens is 292 g/mol. The zero-order chi connectivity index (χ0) is 16.2. The molecule has 5 nitrogen and oxygen atoms in total. The Morgan fingerprint density at radius 3 is 2.78 bits per heavy atom. The van der Waals surface area contributed by atoms with Crippen molar-refractivity contribution in [2.24, 2.45) is 5.92 Å². The summed E-state index contributed by atoms with van der Waals surface area (Å²) in [6.45, 7) is 0. The molecule has 1 aromatic carbocycles. The maximum Gasteiger partial charge on any atom is 0.326 e. The molecule has 1 saturated heterocycles. The average Bonchev–Trinajstić information content (AvgIpc) is 2.55. The molecule has 0 aromatic heterocycles. The lowest BCUT2D eigenvalue weighted by atomic mass is 9.81. The van der Waals surface area contributed by atoms with Crippen LogP contribution in [0.2, 0.25) is 0 Å². The number of aliphatic carboxylic acids is 1. The Morgan fingerprint density at radius 2 is 2.04 bits per heavy atom. The van der Waals surface area contributed by atoms with Crippen molar-refractivity contribution in [2.45, 2.75) is 18.9 Å². The molecule has 1 aromatic rings. The minimum Gasteiger partial charge on any atom is -0.480 e. The van der Waals surface area contributed by atoms with E-state index in [0.29, 0.717) is 6.42 Å². The molecule has 3 N–H and O–H groups in total. The zero-order valence-electron chi connectivity index (χ0n) is 12.5. The van der Waals surface area contributed by atoms with Crippen LogP contribution in [-0.2, 0) is 9.59 Å². The largest absolute Gasteiger partial charge is 0.480 e. The maximum atomic E-state index is 12.2. The first-order chi connectivity index (χ1) is 11.1. The topological polar surface area (TPSA) is 78.4 Å². The number of hydrogen-bond acceptors (Lipinski definition) is 3. The van der Waals surface area contributed by atoms with Crippen molar-refractivity contribution in [2.75, 3.05) is 5.32 Å². The summed E-state index contributed by atoms with van der Waals surface area (Å²) in [5.41, 5.74) is 2.43. The van der Waals surface area contributed by atoms with E-state index in [1.54, 1.807) is 6.08 Å². The molecule has 1 fully saturated rings. The summed E-state index contributed by atoms with van der Waals surface area (Å²) in [7, 11) is 0. The van der Waals surface area contributed by atoms with Gasteiger partial charge in [0, 0.05) is 29.8 Å². The Kier molecular flexibility index (Phi) is 4.28. The first kappa shape index (κ1) is 15.1. The highest BCUT2D eigenvalue weighted by Crippen LogP contribution is 2.33. The summed E-state index contributed by atoms with van der Waals surface area (Å²) >= 11 is 0. The van der Waals surface area contributed by atoms with Gasteiger partial charge in [0.15, 0.2) is 0 Å². The van der Waals surface area contributed by atoms with Gasteiger partial charge in [0.25, 0.3) is 0 Å². The van der Waals surface area contributed by atoms with E-state index in [9.17, 15) is 14.7 Å². The normalized spacial score (nSPS) is 24.3. The van der Waals surface area contributed by atoms with Gasteiger partial charge < -0.3 is 15.7 Å². The van der Waals surface area contributed by atoms with Crippen molar-refractivity contribution in [3.8, 4) is 0 Å². The lowest BCUT2D eigenvalue weighted by Crippen LogP contribution is -2.44. The molecule has 5 heteroatoms. The van der Waals surface area contributed by atoms with Crippen LogP contribution in [-0.4, -0.2) is 23.0 Å². The Bertz CT molecular complexity index is 704. The van der Waals surface area contributed by atoms with E-state index in [-0.39, 0.29) is 11.8 Å². The molecular formula is C18H18N2O3. The maximum absolute atomic E-state index is 12.2. The molecule has 1 aliphatic carbocycles. The SMILES string of the molecule is O=C(C=C1CC(C(=O)O)NC2=CC=CCC12)Nc1ccccc1. The fourth-order valence-electron chi connectivity index (χ4n) is 2.94. The van der Waals surface area contributed by atoms with Gasteiger partial charge in [-0.1, -0.05) is 35.9 Å². The number of piperidine rings is 1. The molecule has 1 heterocycles. The number of nitrogens with one attached hydrogen (secondary N) is 2. The van der Waals surface area contributed by atoms with E-state index in [2.05, 4.69) is 10.6 Å².